The Bertz CT molecular complexity index is 1430. The molecular weight excluding hydrogens is 527 g/mol. The number of rotatable bonds is 10. The van der Waals surface area contributed by atoms with Crippen molar-refractivity contribution in [1.29, 1.82) is 0 Å². The number of nitrogens with zero attached hydrogens (tertiary/aromatic N) is 4. The molecule has 0 fully saturated rings. The van der Waals surface area contributed by atoms with Crippen LogP contribution in [0.15, 0.2) is 54.7 Å². The quantitative estimate of drug-likeness (QED) is 0.168. The average Bonchev–Trinajstić information content (AvgIpc) is 3.31. The summed E-state index contributed by atoms with van der Waals surface area (Å²) in [6.45, 7) is 13.6. The van der Waals surface area contributed by atoms with Crippen LogP contribution < -0.4 is 4.72 Å². The van der Waals surface area contributed by atoms with Gasteiger partial charge in [-0.2, -0.15) is 5.10 Å². The Kier molecular flexibility index (Phi) is 8.82. The summed E-state index contributed by atoms with van der Waals surface area (Å²) in [6.07, 6.45) is 5.02. The normalized spacial score (nSPS) is 14.1. The number of nitrogens with one attached hydrogen (secondary N) is 1. The fourth-order valence-corrected chi connectivity index (χ4v) is 5.72. The number of benzene rings is 1. The number of hydrogen-bond acceptors (Lipinski definition) is 7. The summed E-state index contributed by atoms with van der Waals surface area (Å²) in [5.74, 6) is 0.772. The second-order valence-corrected chi connectivity index (χ2v) is 17.3. The second-order valence-electron chi connectivity index (χ2n) is 11.4. The SMILES string of the molecule is CCC[C@H](N[S+](C)[O-])c1cccc(-c2cc(O)c3cnn(-c4cccc(CO[Si](C)(C)C(C)(C)C)n4)c3c2)n1. The van der Waals surface area contributed by atoms with Gasteiger partial charge in [-0.05, 0) is 61.0 Å². The van der Waals surface area contributed by atoms with Crippen LogP contribution in [-0.2, 0) is 22.4 Å². The zero-order chi connectivity index (χ0) is 28.4. The van der Waals surface area contributed by atoms with Gasteiger partial charge in [0.05, 0.1) is 46.8 Å². The Labute approximate surface area is 235 Å². The Morgan fingerprint density at radius 3 is 2.56 bits per heavy atom. The Morgan fingerprint density at radius 1 is 1.13 bits per heavy atom. The minimum absolute atomic E-state index is 0.113. The third kappa shape index (κ3) is 6.70. The first-order valence-electron chi connectivity index (χ1n) is 13.3. The molecule has 0 amide bonds. The molecule has 0 aliphatic rings. The van der Waals surface area contributed by atoms with Crippen LogP contribution in [0.4, 0.5) is 0 Å². The van der Waals surface area contributed by atoms with Gasteiger partial charge in [-0.25, -0.2) is 9.67 Å². The number of hydrogen-bond donors (Lipinski definition) is 2. The van der Waals surface area contributed by atoms with Gasteiger partial charge >= 0.3 is 0 Å². The van der Waals surface area contributed by atoms with Crippen LogP contribution in [0.5, 0.6) is 5.75 Å². The maximum atomic E-state index is 11.9. The van der Waals surface area contributed by atoms with E-state index < -0.39 is 19.7 Å². The Hall–Kier alpha value is -2.76. The highest BCUT2D eigenvalue weighted by Gasteiger charge is 2.37. The molecule has 0 saturated heterocycles. The van der Waals surface area contributed by atoms with Gasteiger partial charge in [-0.1, -0.05) is 46.2 Å². The van der Waals surface area contributed by atoms with Crippen molar-refractivity contribution in [2.45, 2.75) is 71.3 Å². The molecule has 0 saturated carbocycles. The standard InChI is InChI=1S/C29H39N5O3SSi/c1-8-11-25(33-38(5)36)24-14-10-13-23(32-24)20-16-26-22(27(35)17-20)18-30-34(26)28-15-9-12-21(31-28)19-37-39(6,7)29(2,3)4/h9-10,12-18,25,33,35H,8,11,19H2,1-7H3/t25-,38?/m0/s1. The number of pyridine rings is 2. The molecule has 1 unspecified atom stereocenters. The fraction of sp³-hybridized carbons (Fsp3) is 0.414. The number of phenols is 1. The van der Waals surface area contributed by atoms with Crippen molar-refractivity contribution in [3.8, 4) is 22.8 Å². The third-order valence-electron chi connectivity index (χ3n) is 7.37. The molecule has 0 radical (unpaired) electrons. The highest BCUT2D eigenvalue weighted by atomic mass is 32.2. The van der Waals surface area contributed by atoms with E-state index in [0.717, 1.165) is 35.3 Å². The zero-order valence-electron chi connectivity index (χ0n) is 23.9. The van der Waals surface area contributed by atoms with Gasteiger partial charge in [-0.15, -0.1) is 4.72 Å². The summed E-state index contributed by atoms with van der Waals surface area (Å²) in [4.78, 5) is 9.70. The van der Waals surface area contributed by atoms with Crippen molar-refractivity contribution >= 4 is 30.6 Å². The van der Waals surface area contributed by atoms with Gasteiger partial charge in [0.1, 0.15) is 12.0 Å². The van der Waals surface area contributed by atoms with E-state index in [1.165, 1.54) is 0 Å². The maximum absolute atomic E-state index is 11.9. The Morgan fingerprint density at radius 2 is 1.87 bits per heavy atom. The number of phenolic OH excluding ortho intramolecular Hbond substituents is 1. The van der Waals surface area contributed by atoms with Gasteiger partial charge in [0, 0.05) is 16.9 Å². The van der Waals surface area contributed by atoms with E-state index in [1.807, 2.05) is 42.5 Å². The first kappa shape index (κ1) is 29.2. The maximum Gasteiger partial charge on any atom is 0.192 e. The van der Waals surface area contributed by atoms with E-state index in [-0.39, 0.29) is 16.8 Å². The van der Waals surface area contributed by atoms with Crippen LogP contribution in [-0.4, -0.2) is 44.0 Å². The molecule has 1 aromatic carbocycles. The van der Waals surface area contributed by atoms with Gasteiger partial charge in [0.25, 0.3) is 0 Å². The van der Waals surface area contributed by atoms with Gasteiger partial charge < -0.3 is 14.1 Å². The van der Waals surface area contributed by atoms with E-state index in [2.05, 4.69) is 50.6 Å². The van der Waals surface area contributed by atoms with E-state index in [0.29, 0.717) is 23.5 Å². The van der Waals surface area contributed by atoms with Crippen molar-refractivity contribution in [3.63, 3.8) is 0 Å². The van der Waals surface area contributed by atoms with E-state index in [9.17, 15) is 9.66 Å². The van der Waals surface area contributed by atoms with Crippen LogP contribution >= 0.6 is 0 Å². The molecule has 0 bridgehead atoms. The monoisotopic (exact) mass is 565 g/mol. The molecule has 10 heteroatoms. The van der Waals surface area contributed by atoms with Crippen molar-refractivity contribution in [3.05, 3.63) is 66.1 Å². The molecule has 3 heterocycles. The molecule has 3 aromatic heterocycles. The van der Waals surface area contributed by atoms with Crippen LogP contribution in [0.25, 0.3) is 28.0 Å². The van der Waals surface area contributed by atoms with Crippen molar-refractivity contribution in [1.82, 2.24) is 24.5 Å². The summed E-state index contributed by atoms with van der Waals surface area (Å²) in [7, 11) is -1.92. The molecule has 2 atom stereocenters. The second kappa shape index (κ2) is 11.8. The van der Waals surface area contributed by atoms with Crippen LogP contribution in [0.3, 0.4) is 0 Å². The van der Waals surface area contributed by atoms with E-state index in [4.69, 9.17) is 14.4 Å². The minimum Gasteiger partial charge on any atom is -0.598 e. The predicted molar refractivity (Wildman–Crippen MR) is 161 cm³/mol. The lowest BCUT2D eigenvalue weighted by Gasteiger charge is -2.36. The summed E-state index contributed by atoms with van der Waals surface area (Å²) >= 11 is -1.16. The van der Waals surface area contributed by atoms with Crippen molar-refractivity contribution < 1.29 is 14.1 Å². The Balaban J connectivity index is 1.68. The summed E-state index contributed by atoms with van der Waals surface area (Å²) in [5, 5.41) is 16.2. The van der Waals surface area contributed by atoms with Gasteiger partial charge in [0.15, 0.2) is 14.1 Å². The van der Waals surface area contributed by atoms with Gasteiger partial charge in [0.2, 0.25) is 0 Å². The zero-order valence-corrected chi connectivity index (χ0v) is 25.7. The van der Waals surface area contributed by atoms with Crippen LogP contribution in [0.2, 0.25) is 18.1 Å². The molecule has 2 N–H and O–H groups in total. The topological polar surface area (TPSA) is 108 Å². The molecule has 0 spiro atoms. The molecule has 39 heavy (non-hydrogen) atoms. The number of aromatic nitrogens is 4. The molecular formula is C29H39N5O3SSi. The summed E-state index contributed by atoms with van der Waals surface area (Å²) in [5.41, 5.74) is 3.85. The summed E-state index contributed by atoms with van der Waals surface area (Å²) in [6, 6.07) is 15.2. The predicted octanol–water partition coefficient (Wildman–Crippen LogP) is 6.43. The first-order valence-corrected chi connectivity index (χ1v) is 17.7. The summed E-state index contributed by atoms with van der Waals surface area (Å²) < 4.78 is 23.1. The molecule has 8 nitrogen and oxygen atoms in total. The first-order chi connectivity index (χ1) is 18.4. The van der Waals surface area contributed by atoms with Gasteiger partial charge in [-0.3, -0.25) is 4.98 Å². The third-order valence-corrected chi connectivity index (χ3v) is 12.5. The van der Waals surface area contributed by atoms with E-state index in [1.54, 1.807) is 23.2 Å². The van der Waals surface area contributed by atoms with Crippen molar-refractivity contribution in [2.75, 3.05) is 6.26 Å². The molecule has 0 aliphatic heterocycles. The molecule has 4 aromatic rings. The van der Waals surface area contributed by atoms with Crippen LogP contribution in [0.1, 0.15) is 58.0 Å². The lowest BCUT2D eigenvalue weighted by Crippen LogP contribution is -2.40. The lowest BCUT2D eigenvalue weighted by molar-refractivity contribution is 0.272. The van der Waals surface area contributed by atoms with Crippen LogP contribution in [0, 0.1) is 0 Å². The molecule has 4 rings (SSSR count). The highest BCUT2D eigenvalue weighted by Crippen LogP contribution is 2.37. The smallest absolute Gasteiger partial charge is 0.192 e. The van der Waals surface area contributed by atoms with E-state index >= 15 is 0 Å². The number of fused-ring (bicyclic) bond motifs is 1. The average molecular weight is 566 g/mol. The number of aromatic hydroxyl groups is 1. The van der Waals surface area contributed by atoms with Crippen molar-refractivity contribution in [2.24, 2.45) is 0 Å². The molecule has 0 aliphatic carbocycles. The fourth-order valence-electron chi connectivity index (χ4n) is 4.14. The molecule has 208 valence electrons. The minimum atomic E-state index is -1.92. The lowest BCUT2D eigenvalue weighted by atomic mass is 10.1. The highest BCUT2D eigenvalue weighted by molar-refractivity contribution is 7.88. The largest absolute Gasteiger partial charge is 0.598 e.